The summed E-state index contributed by atoms with van der Waals surface area (Å²) in [5.74, 6) is 0. The molecule has 0 bridgehead atoms. The van der Waals surface area contributed by atoms with Crippen molar-refractivity contribution in [3.05, 3.63) is 41.7 Å². The Morgan fingerprint density at radius 3 is 1.73 bits per heavy atom. The van der Waals surface area contributed by atoms with Crippen LogP contribution in [0.4, 0.5) is 5.69 Å². The Morgan fingerprint density at radius 1 is 1.20 bits per heavy atom. The van der Waals surface area contributed by atoms with Crippen LogP contribution in [0.15, 0.2) is 30.3 Å². The maximum atomic E-state index is 8.81. The molecule has 4 heteroatoms. The van der Waals surface area contributed by atoms with Crippen LogP contribution in [0.25, 0.3) is 4.85 Å². The van der Waals surface area contributed by atoms with Gasteiger partial charge in [0.15, 0.2) is 5.69 Å². The molecule has 0 unspecified atom stereocenters. The molecule has 0 spiro atoms. The second kappa shape index (κ2) is 23.6. The zero-order chi connectivity index (χ0) is 12.5. The van der Waals surface area contributed by atoms with Gasteiger partial charge in [-0.25, -0.2) is 4.85 Å². The summed E-state index contributed by atoms with van der Waals surface area (Å²) in [4.78, 5) is 12.0. The van der Waals surface area contributed by atoms with E-state index >= 15 is 0 Å². The van der Waals surface area contributed by atoms with Crippen LogP contribution >= 0.6 is 37.2 Å². The number of carbonyl (C=O) groups excluding carboxylic acids is 1. The molecule has 0 N–H and O–H groups in total. The number of benzene rings is 1. The molecule has 84 valence electrons. The van der Waals surface area contributed by atoms with Gasteiger partial charge in [0.2, 0.25) is 0 Å². The van der Waals surface area contributed by atoms with Gasteiger partial charge in [0.05, 0.1) is 6.57 Å². The molecule has 0 fully saturated rings. The number of aldehydes is 1. The molecule has 0 heterocycles. The van der Waals surface area contributed by atoms with Gasteiger partial charge in [-0.15, -0.1) is 0 Å². The fraction of sp³-hybridized carbons (Fsp3) is 0.273. The van der Waals surface area contributed by atoms with Gasteiger partial charge in [0.25, 0.3) is 0 Å². The van der Waals surface area contributed by atoms with Crippen molar-refractivity contribution in [3.63, 3.8) is 0 Å². The van der Waals surface area contributed by atoms with Crippen molar-refractivity contribution in [2.75, 3.05) is 0 Å². The molecule has 0 amide bonds. The second-order valence-corrected chi connectivity index (χ2v) is 1.68. The molecule has 2 nitrogen and oxygen atoms in total. The van der Waals surface area contributed by atoms with E-state index in [2.05, 4.69) is 42.1 Å². The first-order valence-corrected chi connectivity index (χ1v) is 10.6. The molecule has 0 radical (unpaired) electrons. The summed E-state index contributed by atoms with van der Waals surface area (Å²) < 4.78 is 0. The average Bonchev–Trinajstić information content (AvgIpc) is 2.36. The van der Waals surface area contributed by atoms with E-state index in [-0.39, 0.29) is 0 Å². The van der Waals surface area contributed by atoms with Crippen molar-refractivity contribution in [2.45, 2.75) is 20.8 Å². The van der Waals surface area contributed by atoms with E-state index in [1.165, 1.54) is 6.92 Å². The average molecular weight is 431 g/mol. The summed E-state index contributed by atoms with van der Waals surface area (Å²) in [7, 11) is 0. The highest BCUT2D eigenvalue weighted by atomic mass is 128. The van der Waals surface area contributed by atoms with Gasteiger partial charge in [-0.3, -0.25) is 0 Å². The molecule has 0 aliphatic carbocycles. The number of carbonyl (C=O) groups is 1. The lowest BCUT2D eigenvalue weighted by molar-refractivity contribution is -0.106. The summed E-state index contributed by atoms with van der Waals surface area (Å²) in [6.45, 7) is 12.0. The molecule has 0 saturated carbocycles. The van der Waals surface area contributed by atoms with E-state index in [1.54, 1.807) is 12.1 Å². The number of hydrogen-bond acceptors (Lipinski definition) is 1. The van der Waals surface area contributed by atoms with Crippen LogP contribution in [-0.2, 0) is 4.79 Å². The fourth-order valence-electron chi connectivity index (χ4n) is 0.503. The van der Waals surface area contributed by atoms with E-state index in [0.29, 0.717) is 5.69 Å². The second-order valence-electron chi connectivity index (χ2n) is 1.68. The third kappa shape index (κ3) is 20.0. The molecule has 0 saturated heterocycles. The molecule has 1 aromatic carbocycles. The van der Waals surface area contributed by atoms with Crippen molar-refractivity contribution in [3.8, 4) is 0 Å². The molecule has 1 rings (SSSR count). The Kier molecular flexibility index (Phi) is 31.9. The molecule has 1 aromatic rings. The number of halogens is 2. The normalized spacial score (nSPS) is 5.87. The fourth-order valence-corrected chi connectivity index (χ4v) is 0.503. The van der Waals surface area contributed by atoms with Crippen LogP contribution in [0.1, 0.15) is 20.8 Å². The van der Waals surface area contributed by atoms with Crippen LogP contribution in [0.2, 0.25) is 0 Å². The van der Waals surface area contributed by atoms with E-state index in [0.717, 1.165) is 6.29 Å². The largest absolute Gasteiger partial charge is 0.304 e. The minimum Gasteiger partial charge on any atom is -0.304 e. The first kappa shape index (κ1) is 20.3. The molecular formula is C11H15I2NO. The summed E-state index contributed by atoms with van der Waals surface area (Å²) >= 11 is 4.24. The maximum Gasteiger partial charge on any atom is 0.187 e. The summed E-state index contributed by atoms with van der Waals surface area (Å²) in [5, 5.41) is 0. The topological polar surface area (TPSA) is 21.4 Å². The standard InChI is InChI=1S/C7H5N.C2H4O.C2H6.I2/c1-8-7-5-3-2-4-6-7;1-2-3;2*1-2/h2-6H;2H,1H3;1-2H3;. The van der Waals surface area contributed by atoms with Crippen molar-refractivity contribution in [1.29, 1.82) is 0 Å². The van der Waals surface area contributed by atoms with Gasteiger partial charge in [-0.2, -0.15) is 0 Å². The molecular weight excluding hydrogens is 416 g/mol. The SMILES string of the molecule is CC.CC=O.II.[C-]#[N+]c1ccccc1. The minimum atomic E-state index is 0.701. The lowest BCUT2D eigenvalue weighted by atomic mass is 10.3. The first-order chi connectivity index (χ1) is 7.35. The lowest BCUT2D eigenvalue weighted by Crippen LogP contribution is -1.54. The Balaban J connectivity index is -0.000000176. The zero-order valence-electron chi connectivity index (χ0n) is 9.08. The first-order valence-electron chi connectivity index (χ1n) is 4.31. The van der Waals surface area contributed by atoms with Crippen molar-refractivity contribution in [1.82, 2.24) is 0 Å². The van der Waals surface area contributed by atoms with E-state index in [9.17, 15) is 0 Å². The third-order valence-electron chi connectivity index (χ3n) is 0.885. The van der Waals surface area contributed by atoms with Gasteiger partial charge in [0, 0.05) is 37.2 Å². The van der Waals surface area contributed by atoms with Crippen molar-refractivity contribution < 1.29 is 4.79 Å². The van der Waals surface area contributed by atoms with Crippen LogP contribution in [0, 0.1) is 6.57 Å². The smallest absolute Gasteiger partial charge is 0.187 e. The number of rotatable bonds is 0. The molecule has 0 aliphatic heterocycles. The quantitative estimate of drug-likeness (QED) is 0.313. The minimum absolute atomic E-state index is 0.701. The Labute approximate surface area is 116 Å². The predicted molar refractivity (Wildman–Crippen MR) is 83.8 cm³/mol. The van der Waals surface area contributed by atoms with E-state index in [4.69, 9.17) is 11.4 Å². The van der Waals surface area contributed by atoms with E-state index in [1.807, 2.05) is 32.0 Å². The highest BCUT2D eigenvalue weighted by Crippen LogP contribution is 2.07. The van der Waals surface area contributed by atoms with Gasteiger partial charge >= 0.3 is 0 Å². The van der Waals surface area contributed by atoms with Gasteiger partial charge in [-0.05, 0) is 6.92 Å². The van der Waals surface area contributed by atoms with Crippen LogP contribution in [0.5, 0.6) is 0 Å². The van der Waals surface area contributed by atoms with Crippen LogP contribution in [-0.4, -0.2) is 6.29 Å². The van der Waals surface area contributed by atoms with Gasteiger partial charge < -0.3 is 4.79 Å². The Bertz CT molecular complexity index is 245. The highest BCUT2D eigenvalue weighted by Gasteiger charge is 1.79. The predicted octanol–water partition coefficient (Wildman–Crippen LogP) is 5.24. The third-order valence-corrected chi connectivity index (χ3v) is 0.885. The van der Waals surface area contributed by atoms with Crippen LogP contribution in [0.3, 0.4) is 0 Å². The van der Waals surface area contributed by atoms with Crippen molar-refractivity contribution >= 4 is 49.2 Å². The number of nitrogens with zero attached hydrogens (tertiary/aromatic N) is 1. The lowest BCUT2D eigenvalue weighted by Gasteiger charge is -1.80. The molecule has 0 aliphatic rings. The van der Waals surface area contributed by atoms with Gasteiger partial charge in [0.1, 0.15) is 6.29 Å². The number of hydrogen-bond donors (Lipinski definition) is 0. The Morgan fingerprint density at radius 2 is 1.53 bits per heavy atom. The molecule has 0 atom stereocenters. The monoisotopic (exact) mass is 431 g/mol. The van der Waals surface area contributed by atoms with Crippen LogP contribution < -0.4 is 0 Å². The molecule has 15 heavy (non-hydrogen) atoms. The summed E-state index contributed by atoms with van der Waals surface area (Å²) in [5.41, 5.74) is 0.701. The molecule has 0 aromatic heterocycles. The van der Waals surface area contributed by atoms with Crippen molar-refractivity contribution in [2.24, 2.45) is 0 Å². The zero-order valence-corrected chi connectivity index (χ0v) is 13.4. The Hall–Kier alpha value is -0.160. The van der Waals surface area contributed by atoms with Gasteiger partial charge in [-0.1, -0.05) is 44.2 Å². The summed E-state index contributed by atoms with van der Waals surface area (Å²) in [6, 6.07) is 9.18. The van der Waals surface area contributed by atoms with E-state index < -0.39 is 0 Å². The summed E-state index contributed by atoms with van der Waals surface area (Å²) in [6.07, 6.45) is 0.750. The maximum absolute atomic E-state index is 8.81. The highest BCUT2D eigenvalue weighted by molar-refractivity contribution is 15.0. The number of para-hydroxylation sites is 1.